The second kappa shape index (κ2) is 9.09. The third-order valence-electron chi connectivity index (χ3n) is 3.04. The number of aliphatic hydroxyl groups is 1. The van der Waals surface area contributed by atoms with Gasteiger partial charge in [-0.2, -0.15) is 0 Å². The fourth-order valence-corrected chi connectivity index (χ4v) is 1.88. The zero-order valence-corrected chi connectivity index (χ0v) is 11.4. The number of hydrogen-bond acceptors (Lipinski definition) is 3. The largest absolute Gasteiger partial charge is 0.396 e. The average molecular weight is 252 g/mol. The molecule has 18 heavy (non-hydrogen) atoms. The van der Waals surface area contributed by atoms with Gasteiger partial charge in [-0.05, 0) is 25.3 Å². The van der Waals surface area contributed by atoms with Crippen LogP contribution in [0.15, 0.2) is 24.3 Å². The van der Waals surface area contributed by atoms with Crippen LogP contribution in [-0.2, 0) is 9.47 Å². The normalized spacial score (nSPS) is 12.6. The Kier molecular flexibility index (Phi) is 7.65. The molecule has 1 aromatic carbocycles. The molecular formula is C15H24O3. The van der Waals surface area contributed by atoms with Crippen LogP contribution in [-0.4, -0.2) is 38.6 Å². The van der Waals surface area contributed by atoms with Crippen molar-refractivity contribution in [1.82, 2.24) is 0 Å². The zero-order chi connectivity index (χ0) is 13.2. The van der Waals surface area contributed by atoms with Gasteiger partial charge < -0.3 is 14.6 Å². The maximum atomic E-state index is 9.43. The monoisotopic (exact) mass is 252 g/mol. The predicted molar refractivity (Wildman–Crippen MR) is 72.9 cm³/mol. The molecule has 1 atom stereocenters. The summed E-state index contributed by atoms with van der Waals surface area (Å²) in [5.74, 6) is 0.219. The van der Waals surface area contributed by atoms with Gasteiger partial charge in [-0.25, -0.2) is 0 Å². The fourth-order valence-electron chi connectivity index (χ4n) is 1.88. The summed E-state index contributed by atoms with van der Waals surface area (Å²) in [6, 6.07) is 8.38. The van der Waals surface area contributed by atoms with Gasteiger partial charge >= 0.3 is 0 Å². The number of ether oxygens (including phenoxy) is 2. The number of benzene rings is 1. The Hall–Kier alpha value is -0.900. The van der Waals surface area contributed by atoms with Crippen LogP contribution in [0.25, 0.3) is 0 Å². The molecule has 0 amide bonds. The molecule has 0 aromatic heterocycles. The lowest BCUT2D eigenvalue weighted by atomic mass is 9.94. The van der Waals surface area contributed by atoms with Crippen molar-refractivity contribution in [3.63, 3.8) is 0 Å². The van der Waals surface area contributed by atoms with E-state index >= 15 is 0 Å². The van der Waals surface area contributed by atoms with Gasteiger partial charge in [0.25, 0.3) is 0 Å². The van der Waals surface area contributed by atoms with Crippen molar-refractivity contribution < 1.29 is 14.6 Å². The van der Waals surface area contributed by atoms with Crippen molar-refractivity contribution in [2.45, 2.75) is 25.7 Å². The summed E-state index contributed by atoms with van der Waals surface area (Å²) in [5.41, 5.74) is 2.46. The molecule has 0 bridgehead atoms. The lowest BCUT2D eigenvalue weighted by molar-refractivity contribution is 0.0673. The lowest BCUT2D eigenvalue weighted by Gasteiger charge is -2.14. The molecule has 1 unspecified atom stereocenters. The molecule has 0 fully saturated rings. The topological polar surface area (TPSA) is 38.7 Å². The molecule has 0 radical (unpaired) electrons. The number of aryl methyl sites for hydroxylation is 1. The van der Waals surface area contributed by atoms with E-state index in [-0.39, 0.29) is 12.5 Å². The Balaban J connectivity index is 2.27. The number of aliphatic hydroxyl groups excluding tert-OH is 1. The molecule has 0 saturated carbocycles. The summed E-state index contributed by atoms with van der Waals surface area (Å²) < 4.78 is 10.3. The van der Waals surface area contributed by atoms with Crippen LogP contribution < -0.4 is 0 Å². The highest BCUT2D eigenvalue weighted by Crippen LogP contribution is 2.21. The van der Waals surface area contributed by atoms with Gasteiger partial charge in [0.05, 0.1) is 13.2 Å². The molecular weight excluding hydrogens is 228 g/mol. The van der Waals surface area contributed by atoms with Crippen LogP contribution in [0.3, 0.4) is 0 Å². The predicted octanol–water partition coefficient (Wildman–Crippen LogP) is 2.51. The molecule has 0 aliphatic carbocycles. The molecule has 1 aromatic rings. The Morgan fingerprint density at radius 3 is 2.44 bits per heavy atom. The molecule has 0 spiro atoms. The lowest BCUT2D eigenvalue weighted by Crippen LogP contribution is -2.08. The first-order valence-electron chi connectivity index (χ1n) is 6.52. The van der Waals surface area contributed by atoms with Gasteiger partial charge in [0.15, 0.2) is 0 Å². The minimum absolute atomic E-state index is 0.196. The van der Waals surface area contributed by atoms with Gasteiger partial charge in [0, 0.05) is 26.2 Å². The molecule has 1 N–H and O–H groups in total. The van der Waals surface area contributed by atoms with E-state index in [9.17, 15) is 5.11 Å². The quantitative estimate of drug-likeness (QED) is 0.686. The SMILES string of the molecule is COCCOCCCC(CO)c1ccc(C)cc1. The van der Waals surface area contributed by atoms with Gasteiger partial charge in [-0.15, -0.1) is 0 Å². The van der Waals surface area contributed by atoms with Crippen LogP contribution in [0, 0.1) is 6.92 Å². The summed E-state index contributed by atoms with van der Waals surface area (Å²) in [6.45, 7) is 4.28. The highest BCUT2D eigenvalue weighted by atomic mass is 16.5. The van der Waals surface area contributed by atoms with Crippen LogP contribution >= 0.6 is 0 Å². The van der Waals surface area contributed by atoms with Gasteiger partial charge in [-0.1, -0.05) is 29.8 Å². The summed E-state index contributed by atoms with van der Waals surface area (Å²) in [4.78, 5) is 0. The van der Waals surface area contributed by atoms with Gasteiger partial charge in [0.2, 0.25) is 0 Å². The van der Waals surface area contributed by atoms with E-state index in [0.29, 0.717) is 13.2 Å². The second-order valence-electron chi connectivity index (χ2n) is 4.54. The highest BCUT2D eigenvalue weighted by Gasteiger charge is 2.09. The number of methoxy groups -OCH3 is 1. The third kappa shape index (κ3) is 5.63. The van der Waals surface area contributed by atoms with E-state index in [4.69, 9.17) is 9.47 Å². The summed E-state index contributed by atoms with van der Waals surface area (Å²) in [7, 11) is 1.67. The first-order chi connectivity index (χ1) is 8.77. The Bertz CT molecular complexity index is 308. The smallest absolute Gasteiger partial charge is 0.0700 e. The van der Waals surface area contributed by atoms with Crippen molar-refractivity contribution in [2.24, 2.45) is 0 Å². The Morgan fingerprint density at radius 1 is 1.11 bits per heavy atom. The van der Waals surface area contributed by atoms with Gasteiger partial charge in [0.1, 0.15) is 0 Å². The standard InChI is InChI=1S/C15H24O3/c1-13-5-7-14(8-6-13)15(12-16)4-3-9-18-11-10-17-2/h5-8,15-16H,3-4,9-12H2,1-2H3. The van der Waals surface area contributed by atoms with E-state index in [1.165, 1.54) is 11.1 Å². The van der Waals surface area contributed by atoms with E-state index in [2.05, 4.69) is 31.2 Å². The van der Waals surface area contributed by atoms with Crippen molar-refractivity contribution in [3.05, 3.63) is 35.4 Å². The summed E-state index contributed by atoms with van der Waals surface area (Å²) in [5, 5.41) is 9.43. The molecule has 102 valence electrons. The maximum Gasteiger partial charge on any atom is 0.0700 e. The van der Waals surface area contributed by atoms with Crippen molar-refractivity contribution >= 4 is 0 Å². The second-order valence-corrected chi connectivity index (χ2v) is 4.54. The molecule has 0 heterocycles. The molecule has 0 aliphatic heterocycles. The van der Waals surface area contributed by atoms with E-state index in [1.54, 1.807) is 7.11 Å². The van der Waals surface area contributed by atoms with Crippen molar-refractivity contribution in [2.75, 3.05) is 33.5 Å². The first-order valence-corrected chi connectivity index (χ1v) is 6.52. The molecule has 0 saturated heterocycles. The van der Waals surface area contributed by atoms with Crippen LogP contribution in [0.2, 0.25) is 0 Å². The minimum atomic E-state index is 0.196. The molecule has 1 rings (SSSR count). The number of hydrogen-bond donors (Lipinski definition) is 1. The van der Waals surface area contributed by atoms with E-state index < -0.39 is 0 Å². The molecule has 3 nitrogen and oxygen atoms in total. The molecule has 0 aliphatic rings. The van der Waals surface area contributed by atoms with E-state index in [1.807, 2.05) is 0 Å². The fraction of sp³-hybridized carbons (Fsp3) is 0.600. The summed E-state index contributed by atoms with van der Waals surface area (Å²) >= 11 is 0. The first kappa shape index (κ1) is 15.2. The van der Waals surface area contributed by atoms with Crippen LogP contribution in [0.4, 0.5) is 0 Å². The average Bonchev–Trinajstić information content (AvgIpc) is 2.39. The number of rotatable bonds is 9. The summed E-state index contributed by atoms with van der Waals surface area (Å²) in [6.07, 6.45) is 1.91. The van der Waals surface area contributed by atoms with E-state index in [0.717, 1.165) is 19.4 Å². The van der Waals surface area contributed by atoms with Crippen LogP contribution in [0.5, 0.6) is 0 Å². The van der Waals surface area contributed by atoms with Crippen LogP contribution in [0.1, 0.15) is 29.9 Å². The maximum absolute atomic E-state index is 9.43. The van der Waals surface area contributed by atoms with Crippen molar-refractivity contribution in [1.29, 1.82) is 0 Å². The third-order valence-corrected chi connectivity index (χ3v) is 3.04. The zero-order valence-electron chi connectivity index (χ0n) is 11.4. The highest BCUT2D eigenvalue weighted by molar-refractivity contribution is 5.24. The minimum Gasteiger partial charge on any atom is -0.396 e. The Morgan fingerprint density at radius 2 is 1.83 bits per heavy atom. The Labute approximate surface area is 110 Å². The molecule has 3 heteroatoms. The van der Waals surface area contributed by atoms with Gasteiger partial charge in [-0.3, -0.25) is 0 Å². The van der Waals surface area contributed by atoms with Crippen molar-refractivity contribution in [3.8, 4) is 0 Å².